The van der Waals surface area contributed by atoms with Crippen LogP contribution in [0.1, 0.15) is 10.6 Å². The molecular formula is C20H16N6O3S. The van der Waals surface area contributed by atoms with Gasteiger partial charge in [0.25, 0.3) is 5.69 Å². The van der Waals surface area contributed by atoms with Crippen molar-refractivity contribution in [2.45, 2.75) is 13.3 Å². The molecule has 30 heavy (non-hydrogen) atoms. The van der Waals surface area contributed by atoms with Crippen molar-refractivity contribution in [3.05, 3.63) is 81.5 Å². The molecular weight excluding hydrogens is 404 g/mol. The molecule has 0 saturated heterocycles. The highest BCUT2D eigenvalue weighted by atomic mass is 32.1. The molecule has 2 aromatic carbocycles. The number of aryl methyl sites for hydroxylation is 1. The summed E-state index contributed by atoms with van der Waals surface area (Å²) in [4.78, 5) is 23.1. The number of benzene rings is 2. The number of non-ortho nitro benzene ring substituents is 1. The van der Waals surface area contributed by atoms with Gasteiger partial charge < -0.3 is 5.32 Å². The molecule has 0 fully saturated rings. The minimum Gasteiger partial charge on any atom is -0.300 e. The zero-order chi connectivity index (χ0) is 21.1. The number of nitro benzene ring substituents is 1. The van der Waals surface area contributed by atoms with Crippen LogP contribution in [0.2, 0.25) is 0 Å². The van der Waals surface area contributed by atoms with Crippen LogP contribution >= 0.6 is 11.3 Å². The third-order valence-corrected chi connectivity index (χ3v) is 5.04. The second-order valence-electron chi connectivity index (χ2n) is 6.44. The van der Waals surface area contributed by atoms with Gasteiger partial charge in [0.05, 0.1) is 22.7 Å². The lowest BCUT2D eigenvalue weighted by molar-refractivity contribution is -0.384. The summed E-state index contributed by atoms with van der Waals surface area (Å²) in [5.74, 6) is -0.248. The SMILES string of the molecule is Cc1nnc(NC(=O)Cc2cn(-c3ccccc3)nc2-c2ccc([N+](=O)[O-])cc2)s1. The van der Waals surface area contributed by atoms with E-state index in [1.165, 1.54) is 23.5 Å². The van der Waals surface area contributed by atoms with Gasteiger partial charge in [-0.15, -0.1) is 10.2 Å². The van der Waals surface area contributed by atoms with Crippen molar-refractivity contribution >= 4 is 28.1 Å². The molecule has 2 aromatic heterocycles. The van der Waals surface area contributed by atoms with E-state index in [-0.39, 0.29) is 18.0 Å². The predicted octanol–water partition coefficient (Wildman–Crippen LogP) is 3.79. The van der Waals surface area contributed by atoms with Crippen LogP contribution in [0.15, 0.2) is 60.8 Å². The molecule has 0 atom stereocenters. The zero-order valence-electron chi connectivity index (χ0n) is 15.8. The van der Waals surface area contributed by atoms with Gasteiger partial charge in [-0.05, 0) is 31.2 Å². The lowest BCUT2D eigenvalue weighted by Gasteiger charge is -2.03. The number of nitro groups is 1. The summed E-state index contributed by atoms with van der Waals surface area (Å²) in [6.45, 7) is 1.81. The normalized spacial score (nSPS) is 10.7. The maximum atomic E-state index is 12.6. The van der Waals surface area contributed by atoms with E-state index in [0.717, 1.165) is 10.7 Å². The van der Waals surface area contributed by atoms with E-state index in [4.69, 9.17) is 0 Å². The lowest BCUT2D eigenvalue weighted by Crippen LogP contribution is -2.14. The molecule has 0 saturated carbocycles. The van der Waals surface area contributed by atoms with Crippen LogP contribution in [-0.4, -0.2) is 30.8 Å². The molecule has 4 aromatic rings. The van der Waals surface area contributed by atoms with Gasteiger partial charge in [-0.2, -0.15) is 5.10 Å². The van der Waals surface area contributed by atoms with Gasteiger partial charge in [0.2, 0.25) is 11.0 Å². The molecule has 0 spiro atoms. The van der Waals surface area contributed by atoms with Crippen molar-refractivity contribution in [2.24, 2.45) is 0 Å². The number of carbonyl (C=O) groups excluding carboxylic acids is 1. The van der Waals surface area contributed by atoms with Crippen molar-refractivity contribution in [1.82, 2.24) is 20.0 Å². The van der Waals surface area contributed by atoms with E-state index < -0.39 is 4.92 Å². The molecule has 9 nitrogen and oxygen atoms in total. The number of hydrogen-bond donors (Lipinski definition) is 1. The van der Waals surface area contributed by atoms with E-state index in [2.05, 4.69) is 20.6 Å². The van der Waals surface area contributed by atoms with Gasteiger partial charge in [0.1, 0.15) is 5.01 Å². The van der Waals surface area contributed by atoms with E-state index in [0.29, 0.717) is 22.0 Å². The summed E-state index contributed by atoms with van der Waals surface area (Å²) in [7, 11) is 0. The molecule has 4 rings (SSSR count). The minimum absolute atomic E-state index is 0.00725. The number of hydrogen-bond acceptors (Lipinski definition) is 7. The fraction of sp³-hybridized carbons (Fsp3) is 0.100. The molecule has 0 aliphatic heterocycles. The van der Waals surface area contributed by atoms with E-state index >= 15 is 0 Å². The fourth-order valence-electron chi connectivity index (χ4n) is 2.92. The Morgan fingerprint density at radius 2 is 1.87 bits per heavy atom. The molecule has 0 aliphatic carbocycles. The topological polar surface area (TPSA) is 116 Å². The van der Waals surface area contributed by atoms with Gasteiger partial charge in [-0.25, -0.2) is 4.68 Å². The van der Waals surface area contributed by atoms with Crippen molar-refractivity contribution in [3.8, 4) is 16.9 Å². The first-order valence-electron chi connectivity index (χ1n) is 8.98. The Balaban J connectivity index is 1.67. The number of aromatic nitrogens is 4. The summed E-state index contributed by atoms with van der Waals surface area (Å²) in [5.41, 5.74) is 2.79. The van der Waals surface area contributed by atoms with E-state index in [1.54, 1.807) is 23.0 Å². The highest BCUT2D eigenvalue weighted by Crippen LogP contribution is 2.26. The smallest absolute Gasteiger partial charge is 0.269 e. The van der Waals surface area contributed by atoms with Crippen LogP contribution in [0, 0.1) is 17.0 Å². The quantitative estimate of drug-likeness (QED) is 0.375. The first kappa shape index (κ1) is 19.4. The maximum absolute atomic E-state index is 12.6. The van der Waals surface area contributed by atoms with Crippen molar-refractivity contribution in [3.63, 3.8) is 0 Å². The largest absolute Gasteiger partial charge is 0.300 e. The van der Waals surface area contributed by atoms with Gasteiger partial charge in [0, 0.05) is 29.5 Å². The molecule has 2 heterocycles. The van der Waals surface area contributed by atoms with Gasteiger partial charge in [0.15, 0.2) is 0 Å². The lowest BCUT2D eigenvalue weighted by atomic mass is 10.1. The number of para-hydroxylation sites is 1. The summed E-state index contributed by atoms with van der Waals surface area (Å²) >= 11 is 1.29. The van der Waals surface area contributed by atoms with Crippen molar-refractivity contribution < 1.29 is 9.72 Å². The number of rotatable bonds is 6. The predicted molar refractivity (Wildman–Crippen MR) is 113 cm³/mol. The average Bonchev–Trinajstić information content (AvgIpc) is 3.34. The second kappa shape index (κ2) is 8.21. The first-order valence-corrected chi connectivity index (χ1v) is 9.80. The Hall–Kier alpha value is -3.92. The molecule has 10 heteroatoms. The Bertz CT molecular complexity index is 1200. The highest BCUT2D eigenvalue weighted by Gasteiger charge is 2.17. The Morgan fingerprint density at radius 3 is 2.50 bits per heavy atom. The first-order chi connectivity index (χ1) is 14.5. The van der Waals surface area contributed by atoms with Crippen LogP contribution in [0.4, 0.5) is 10.8 Å². The number of nitrogens with one attached hydrogen (secondary N) is 1. The Morgan fingerprint density at radius 1 is 1.13 bits per heavy atom. The van der Waals surface area contributed by atoms with Crippen LogP contribution in [-0.2, 0) is 11.2 Å². The van der Waals surface area contributed by atoms with Crippen molar-refractivity contribution in [1.29, 1.82) is 0 Å². The third kappa shape index (κ3) is 4.23. The summed E-state index contributed by atoms with van der Waals surface area (Å²) in [5, 5.41) is 27.3. The van der Waals surface area contributed by atoms with Gasteiger partial charge in [-0.1, -0.05) is 29.5 Å². The van der Waals surface area contributed by atoms with Crippen LogP contribution in [0.5, 0.6) is 0 Å². The Labute approximate surface area is 175 Å². The number of anilines is 1. The van der Waals surface area contributed by atoms with Crippen LogP contribution in [0.25, 0.3) is 16.9 Å². The highest BCUT2D eigenvalue weighted by molar-refractivity contribution is 7.15. The molecule has 0 radical (unpaired) electrons. The minimum atomic E-state index is -0.454. The van der Waals surface area contributed by atoms with Crippen LogP contribution < -0.4 is 5.32 Å². The fourth-order valence-corrected chi connectivity index (χ4v) is 3.53. The molecule has 1 amide bonds. The van der Waals surface area contributed by atoms with E-state index in [1.807, 2.05) is 37.3 Å². The molecule has 1 N–H and O–H groups in total. The monoisotopic (exact) mass is 420 g/mol. The van der Waals surface area contributed by atoms with Gasteiger partial charge in [-0.3, -0.25) is 14.9 Å². The molecule has 150 valence electrons. The number of carbonyl (C=O) groups is 1. The number of amides is 1. The zero-order valence-corrected chi connectivity index (χ0v) is 16.7. The molecule has 0 unspecified atom stereocenters. The summed E-state index contributed by atoms with van der Waals surface area (Å²) in [6.07, 6.45) is 1.86. The molecule has 0 aliphatic rings. The number of nitrogens with zero attached hydrogens (tertiary/aromatic N) is 5. The van der Waals surface area contributed by atoms with E-state index in [9.17, 15) is 14.9 Å². The van der Waals surface area contributed by atoms with Gasteiger partial charge >= 0.3 is 0 Å². The Kier molecular flexibility index (Phi) is 5.31. The second-order valence-corrected chi connectivity index (χ2v) is 7.62. The van der Waals surface area contributed by atoms with Crippen LogP contribution in [0.3, 0.4) is 0 Å². The standard InChI is InChI=1S/C20H16N6O3S/c1-13-22-23-20(30-13)21-18(27)11-15-12-25(16-5-3-2-4-6-16)24-19(15)14-7-9-17(10-8-14)26(28)29/h2-10,12H,11H2,1H3,(H,21,23,27). The third-order valence-electron chi connectivity index (χ3n) is 4.29. The summed E-state index contributed by atoms with van der Waals surface area (Å²) < 4.78 is 1.69. The summed E-state index contributed by atoms with van der Waals surface area (Å²) in [6, 6.07) is 15.6. The van der Waals surface area contributed by atoms with Crippen molar-refractivity contribution in [2.75, 3.05) is 5.32 Å². The average molecular weight is 420 g/mol. The maximum Gasteiger partial charge on any atom is 0.269 e. The molecule has 0 bridgehead atoms.